The van der Waals surface area contributed by atoms with E-state index in [-0.39, 0.29) is 10.7 Å². The van der Waals surface area contributed by atoms with Gasteiger partial charge in [0.2, 0.25) is 0 Å². The van der Waals surface area contributed by atoms with Crippen LogP contribution in [0.5, 0.6) is 0 Å². The molecule has 19 heavy (non-hydrogen) atoms. The molecule has 5 heteroatoms. The summed E-state index contributed by atoms with van der Waals surface area (Å²) in [5.74, 6) is -0.358. The Hall–Kier alpha value is -1.52. The molecular formula is C14H12ClNO2S. The monoisotopic (exact) mass is 293 g/mol. The van der Waals surface area contributed by atoms with Crippen LogP contribution in [0, 0.1) is 6.92 Å². The molecule has 3 nitrogen and oxygen atoms in total. The van der Waals surface area contributed by atoms with Crippen molar-refractivity contribution in [1.82, 2.24) is 4.98 Å². The second-order valence-electron chi connectivity index (χ2n) is 4.00. The zero-order valence-electron chi connectivity index (χ0n) is 10.3. The number of nitrogens with zero attached hydrogens (tertiary/aromatic N) is 1. The molecule has 0 aliphatic carbocycles. The molecule has 0 spiro atoms. The van der Waals surface area contributed by atoms with Crippen LogP contribution in [-0.4, -0.2) is 16.1 Å². The Bertz CT molecular complexity index is 616. The predicted octanol–water partition coefficient (Wildman–Crippen LogP) is 4.03. The number of rotatable bonds is 4. The topological polar surface area (TPSA) is 50.2 Å². The molecule has 2 rings (SSSR count). The first-order chi connectivity index (χ1) is 9.08. The van der Waals surface area contributed by atoms with E-state index in [9.17, 15) is 4.79 Å². The van der Waals surface area contributed by atoms with E-state index in [2.05, 4.69) is 11.1 Å². The number of halogens is 1. The minimum absolute atomic E-state index is 0.101. The fourth-order valence-corrected chi connectivity index (χ4v) is 2.71. The lowest BCUT2D eigenvalue weighted by molar-refractivity contribution is 0.0690. The van der Waals surface area contributed by atoms with Crippen LogP contribution in [0.2, 0.25) is 5.02 Å². The van der Waals surface area contributed by atoms with Gasteiger partial charge in [0.05, 0.1) is 10.0 Å². The molecule has 1 heterocycles. The lowest BCUT2D eigenvalue weighted by atomic mass is 10.1. The Balaban J connectivity index is 2.14. The molecular weight excluding hydrogens is 282 g/mol. The van der Waals surface area contributed by atoms with Gasteiger partial charge < -0.3 is 5.11 Å². The fourth-order valence-electron chi connectivity index (χ4n) is 1.58. The Labute approximate surface area is 120 Å². The molecule has 0 fully saturated rings. The summed E-state index contributed by atoms with van der Waals surface area (Å²) in [4.78, 5) is 15.0. The predicted molar refractivity (Wildman–Crippen MR) is 76.9 cm³/mol. The number of carboxylic acid groups (broad SMARTS) is 1. The Morgan fingerprint density at radius 3 is 2.74 bits per heavy atom. The Morgan fingerprint density at radius 2 is 2.05 bits per heavy atom. The highest BCUT2D eigenvalue weighted by Gasteiger charge is 2.11. The number of aromatic carboxylic acids is 1. The zero-order chi connectivity index (χ0) is 13.8. The largest absolute Gasteiger partial charge is 0.476 e. The van der Waals surface area contributed by atoms with Crippen molar-refractivity contribution in [2.45, 2.75) is 17.7 Å². The third-order valence-corrected chi connectivity index (χ3v) is 3.94. The Morgan fingerprint density at radius 1 is 1.32 bits per heavy atom. The van der Waals surface area contributed by atoms with E-state index in [1.54, 1.807) is 12.1 Å². The van der Waals surface area contributed by atoms with Crippen molar-refractivity contribution < 1.29 is 9.90 Å². The first kappa shape index (κ1) is 13.9. The molecule has 98 valence electrons. The second kappa shape index (κ2) is 6.08. The van der Waals surface area contributed by atoms with Crippen molar-refractivity contribution in [3.05, 3.63) is 58.2 Å². The van der Waals surface area contributed by atoms with E-state index in [1.807, 2.05) is 25.1 Å². The molecule has 0 saturated carbocycles. The summed E-state index contributed by atoms with van der Waals surface area (Å²) < 4.78 is 0. The maximum Gasteiger partial charge on any atom is 0.356 e. The van der Waals surface area contributed by atoms with Gasteiger partial charge in [-0.1, -0.05) is 35.9 Å². The van der Waals surface area contributed by atoms with Crippen molar-refractivity contribution in [2.24, 2.45) is 0 Å². The molecule has 0 atom stereocenters. The summed E-state index contributed by atoms with van der Waals surface area (Å²) in [6, 6.07) is 11.4. The van der Waals surface area contributed by atoms with Gasteiger partial charge >= 0.3 is 5.97 Å². The molecule has 2 aromatic rings. The summed E-state index contributed by atoms with van der Waals surface area (Å²) in [5, 5.41) is 9.78. The van der Waals surface area contributed by atoms with Crippen LogP contribution in [0.25, 0.3) is 0 Å². The fraction of sp³-hybridized carbons (Fsp3) is 0.143. The van der Waals surface area contributed by atoms with E-state index < -0.39 is 5.97 Å². The number of carbonyl (C=O) groups is 1. The number of aromatic nitrogens is 1. The third-order valence-electron chi connectivity index (χ3n) is 2.66. The van der Waals surface area contributed by atoms with E-state index in [0.717, 1.165) is 5.75 Å². The molecule has 0 amide bonds. The first-order valence-corrected chi connectivity index (χ1v) is 7.01. The number of carboxylic acids is 1. The maximum absolute atomic E-state index is 10.9. The molecule has 1 N–H and O–H groups in total. The molecule has 0 bridgehead atoms. The molecule has 0 radical (unpaired) electrons. The van der Waals surface area contributed by atoms with E-state index in [1.165, 1.54) is 22.9 Å². The van der Waals surface area contributed by atoms with Crippen LogP contribution in [0.1, 0.15) is 21.6 Å². The van der Waals surface area contributed by atoms with Gasteiger partial charge in [-0.2, -0.15) is 0 Å². The summed E-state index contributed by atoms with van der Waals surface area (Å²) in [7, 11) is 0. The molecule has 1 aromatic carbocycles. The summed E-state index contributed by atoms with van der Waals surface area (Å²) in [6.07, 6.45) is 0. The number of thioether (sulfide) groups is 1. The maximum atomic E-state index is 10.9. The SMILES string of the molecule is Cc1ccccc1CSc1ccc(Cl)c(C(=O)O)n1. The number of hydrogen-bond acceptors (Lipinski definition) is 3. The van der Waals surface area contributed by atoms with E-state index in [0.29, 0.717) is 5.03 Å². The van der Waals surface area contributed by atoms with Gasteiger partial charge in [-0.25, -0.2) is 9.78 Å². The van der Waals surface area contributed by atoms with Gasteiger partial charge in [0.15, 0.2) is 5.69 Å². The zero-order valence-corrected chi connectivity index (χ0v) is 11.8. The second-order valence-corrected chi connectivity index (χ2v) is 5.40. The van der Waals surface area contributed by atoms with Crippen molar-refractivity contribution >= 4 is 29.3 Å². The Kier molecular flexibility index (Phi) is 4.45. The van der Waals surface area contributed by atoms with Crippen LogP contribution < -0.4 is 0 Å². The molecule has 0 aliphatic rings. The normalized spacial score (nSPS) is 10.4. The van der Waals surface area contributed by atoms with Crippen molar-refractivity contribution in [3.63, 3.8) is 0 Å². The van der Waals surface area contributed by atoms with Gasteiger partial charge in [0.25, 0.3) is 0 Å². The van der Waals surface area contributed by atoms with Crippen LogP contribution in [0.4, 0.5) is 0 Å². The molecule has 0 unspecified atom stereocenters. The van der Waals surface area contributed by atoms with Crippen molar-refractivity contribution in [2.75, 3.05) is 0 Å². The lowest BCUT2D eigenvalue weighted by Gasteiger charge is -2.06. The van der Waals surface area contributed by atoms with Crippen LogP contribution in [-0.2, 0) is 5.75 Å². The minimum atomic E-state index is -1.11. The number of aryl methyl sites for hydroxylation is 1. The third kappa shape index (κ3) is 3.49. The smallest absolute Gasteiger partial charge is 0.356 e. The van der Waals surface area contributed by atoms with Crippen LogP contribution in [0.3, 0.4) is 0 Å². The quantitative estimate of drug-likeness (QED) is 0.865. The lowest BCUT2D eigenvalue weighted by Crippen LogP contribution is -2.02. The highest BCUT2D eigenvalue weighted by molar-refractivity contribution is 7.98. The molecule has 0 aliphatic heterocycles. The number of benzene rings is 1. The van der Waals surface area contributed by atoms with E-state index in [4.69, 9.17) is 16.7 Å². The van der Waals surface area contributed by atoms with Gasteiger partial charge in [0.1, 0.15) is 0 Å². The average molecular weight is 294 g/mol. The standard InChI is InChI=1S/C14H12ClNO2S/c1-9-4-2-3-5-10(9)8-19-12-7-6-11(15)13(16-12)14(17)18/h2-7H,8H2,1H3,(H,17,18). The first-order valence-electron chi connectivity index (χ1n) is 5.65. The summed E-state index contributed by atoms with van der Waals surface area (Å²) in [5.41, 5.74) is 2.32. The van der Waals surface area contributed by atoms with Crippen molar-refractivity contribution in [3.8, 4) is 0 Å². The summed E-state index contributed by atoms with van der Waals surface area (Å²) >= 11 is 7.28. The van der Waals surface area contributed by atoms with E-state index >= 15 is 0 Å². The summed E-state index contributed by atoms with van der Waals surface area (Å²) in [6.45, 7) is 2.05. The number of pyridine rings is 1. The van der Waals surface area contributed by atoms with Crippen molar-refractivity contribution in [1.29, 1.82) is 0 Å². The highest BCUT2D eigenvalue weighted by atomic mass is 35.5. The molecule has 0 saturated heterocycles. The van der Waals surface area contributed by atoms with Gasteiger partial charge in [-0.15, -0.1) is 11.8 Å². The van der Waals surface area contributed by atoms with Crippen LogP contribution >= 0.6 is 23.4 Å². The van der Waals surface area contributed by atoms with Gasteiger partial charge in [-0.3, -0.25) is 0 Å². The van der Waals surface area contributed by atoms with Crippen LogP contribution in [0.15, 0.2) is 41.4 Å². The van der Waals surface area contributed by atoms with Gasteiger partial charge in [0, 0.05) is 5.75 Å². The number of hydrogen-bond donors (Lipinski definition) is 1. The minimum Gasteiger partial charge on any atom is -0.476 e. The highest BCUT2D eigenvalue weighted by Crippen LogP contribution is 2.25. The molecule has 1 aromatic heterocycles. The average Bonchev–Trinajstić information content (AvgIpc) is 2.39. The van der Waals surface area contributed by atoms with Gasteiger partial charge in [-0.05, 0) is 30.2 Å².